The average molecular weight is 285 g/mol. The summed E-state index contributed by atoms with van der Waals surface area (Å²) in [5, 5.41) is 18.6. The largest absolute Gasteiger partial charge is 0.598 e. The number of hydrogen-bond acceptors (Lipinski definition) is 4. The molecule has 108 valence electrons. The van der Waals surface area contributed by atoms with E-state index in [2.05, 4.69) is 4.72 Å². The zero-order chi connectivity index (χ0) is 14.6. The predicted molar refractivity (Wildman–Crippen MR) is 78.6 cm³/mol. The molecule has 1 aromatic carbocycles. The molecule has 0 aliphatic carbocycles. The van der Waals surface area contributed by atoms with Gasteiger partial charge in [0, 0.05) is 11.4 Å². The van der Waals surface area contributed by atoms with Crippen molar-refractivity contribution in [1.29, 1.82) is 0 Å². The molecule has 0 radical (unpaired) electrons. The highest BCUT2D eigenvalue weighted by Gasteiger charge is 2.27. The number of phenols is 2. The second kappa shape index (κ2) is 6.50. The summed E-state index contributed by atoms with van der Waals surface area (Å²) in [7, 11) is 0. The second-order valence-corrected chi connectivity index (χ2v) is 7.76. The normalized spacial score (nSPS) is 15.2. The van der Waals surface area contributed by atoms with Crippen LogP contribution in [-0.2, 0) is 17.8 Å². The van der Waals surface area contributed by atoms with Crippen LogP contribution in [0.2, 0.25) is 0 Å². The molecule has 0 saturated heterocycles. The molecule has 2 atom stereocenters. The lowest BCUT2D eigenvalue weighted by atomic mass is 10.1. The van der Waals surface area contributed by atoms with E-state index in [1.807, 2.05) is 27.7 Å². The van der Waals surface area contributed by atoms with Gasteiger partial charge in [-0.25, -0.2) is 0 Å². The van der Waals surface area contributed by atoms with Crippen LogP contribution in [0.4, 0.5) is 0 Å². The van der Waals surface area contributed by atoms with Crippen LogP contribution in [0.15, 0.2) is 18.2 Å². The first-order valence-electron chi connectivity index (χ1n) is 6.39. The third kappa shape index (κ3) is 5.30. The highest BCUT2D eigenvalue weighted by atomic mass is 32.2. The molecule has 0 fully saturated rings. The number of rotatable bonds is 5. The molecular formula is C14H23NO3S. The summed E-state index contributed by atoms with van der Waals surface area (Å²) in [4.78, 5) is 0. The summed E-state index contributed by atoms with van der Waals surface area (Å²) in [6.07, 6.45) is 1.56. The van der Waals surface area contributed by atoms with Gasteiger partial charge in [0.15, 0.2) is 11.5 Å². The number of phenolic OH excluding ortho intramolecular Hbond substituents is 2. The molecule has 3 N–H and O–H groups in total. The summed E-state index contributed by atoms with van der Waals surface area (Å²) in [5.74, 6) is -0.208. The maximum atomic E-state index is 11.9. The summed E-state index contributed by atoms with van der Waals surface area (Å²) in [6.45, 7) is 7.78. The van der Waals surface area contributed by atoms with E-state index in [1.54, 1.807) is 12.1 Å². The van der Waals surface area contributed by atoms with Crippen LogP contribution < -0.4 is 4.72 Å². The average Bonchev–Trinajstić information content (AvgIpc) is 2.29. The van der Waals surface area contributed by atoms with E-state index in [1.165, 1.54) is 6.07 Å². The highest BCUT2D eigenvalue weighted by molar-refractivity contribution is 7.90. The Labute approximate surface area is 118 Å². The molecule has 0 spiro atoms. The molecule has 0 heterocycles. The molecule has 0 unspecified atom stereocenters. The molecular weight excluding hydrogens is 262 g/mol. The third-order valence-corrected chi connectivity index (χ3v) is 4.50. The molecule has 19 heavy (non-hydrogen) atoms. The first kappa shape index (κ1) is 16.1. The fourth-order valence-electron chi connectivity index (χ4n) is 1.53. The van der Waals surface area contributed by atoms with Gasteiger partial charge >= 0.3 is 0 Å². The Balaban J connectivity index is 2.46. The summed E-state index contributed by atoms with van der Waals surface area (Å²) in [5.41, 5.74) is 0.950. The molecule has 0 saturated carbocycles. The van der Waals surface area contributed by atoms with Crippen LogP contribution in [0.1, 0.15) is 39.7 Å². The standard InChI is InChI=1S/C14H23NO3S/c1-10(15-19(18)14(2,3)4)5-6-11-7-8-12(16)13(17)9-11/h7-10,15-17H,5-6H2,1-4H3/t10-,19-/m1/s1. The smallest absolute Gasteiger partial charge is 0.157 e. The van der Waals surface area contributed by atoms with Gasteiger partial charge in [-0.2, -0.15) is 0 Å². The van der Waals surface area contributed by atoms with Gasteiger partial charge in [-0.3, -0.25) is 0 Å². The molecule has 0 amide bonds. The van der Waals surface area contributed by atoms with Gasteiger partial charge in [0.1, 0.15) is 4.75 Å². The Morgan fingerprint density at radius 3 is 2.42 bits per heavy atom. The van der Waals surface area contributed by atoms with Gasteiger partial charge in [0.25, 0.3) is 0 Å². The Hall–Kier alpha value is -0.910. The lowest BCUT2D eigenvalue weighted by Crippen LogP contribution is -2.43. The van der Waals surface area contributed by atoms with E-state index < -0.39 is 11.4 Å². The third-order valence-electron chi connectivity index (χ3n) is 2.77. The van der Waals surface area contributed by atoms with Gasteiger partial charge in [-0.05, 0) is 58.2 Å². The van der Waals surface area contributed by atoms with Gasteiger partial charge < -0.3 is 14.8 Å². The molecule has 0 bridgehead atoms. The van der Waals surface area contributed by atoms with Gasteiger partial charge in [0.2, 0.25) is 0 Å². The van der Waals surface area contributed by atoms with Crippen LogP contribution in [-0.4, -0.2) is 25.6 Å². The Bertz CT molecular complexity index is 418. The maximum absolute atomic E-state index is 11.9. The maximum Gasteiger partial charge on any atom is 0.157 e. The van der Waals surface area contributed by atoms with E-state index in [4.69, 9.17) is 0 Å². The van der Waals surface area contributed by atoms with E-state index in [9.17, 15) is 14.8 Å². The molecule has 0 aliphatic heterocycles. The summed E-state index contributed by atoms with van der Waals surface area (Å²) >= 11 is -1.07. The van der Waals surface area contributed by atoms with Crippen molar-refractivity contribution in [1.82, 2.24) is 4.72 Å². The minimum Gasteiger partial charge on any atom is -0.598 e. The molecule has 4 nitrogen and oxygen atoms in total. The van der Waals surface area contributed by atoms with Gasteiger partial charge in [-0.15, -0.1) is 4.72 Å². The van der Waals surface area contributed by atoms with Crippen molar-refractivity contribution >= 4 is 11.4 Å². The van der Waals surface area contributed by atoms with Crippen LogP contribution >= 0.6 is 0 Å². The van der Waals surface area contributed by atoms with Crippen molar-refractivity contribution < 1.29 is 14.8 Å². The minimum atomic E-state index is -1.07. The predicted octanol–water partition coefficient (Wildman–Crippen LogP) is 2.47. The monoisotopic (exact) mass is 285 g/mol. The molecule has 1 rings (SSSR count). The summed E-state index contributed by atoms with van der Waals surface area (Å²) in [6, 6.07) is 4.94. The Morgan fingerprint density at radius 2 is 1.89 bits per heavy atom. The van der Waals surface area contributed by atoms with Crippen molar-refractivity contribution in [2.45, 2.75) is 51.3 Å². The van der Waals surface area contributed by atoms with Crippen LogP contribution in [0, 0.1) is 0 Å². The van der Waals surface area contributed by atoms with Crippen molar-refractivity contribution in [2.75, 3.05) is 0 Å². The first-order chi connectivity index (χ1) is 8.70. The number of nitrogens with one attached hydrogen (secondary N) is 1. The fraction of sp³-hybridized carbons (Fsp3) is 0.571. The van der Waals surface area contributed by atoms with Crippen molar-refractivity contribution in [3.05, 3.63) is 23.8 Å². The number of aryl methyl sites for hydroxylation is 1. The lowest BCUT2D eigenvalue weighted by molar-refractivity contribution is 0.403. The molecule has 0 aliphatic rings. The minimum absolute atomic E-state index is 0.101. The number of benzene rings is 1. The summed E-state index contributed by atoms with van der Waals surface area (Å²) < 4.78 is 14.7. The zero-order valence-corrected chi connectivity index (χ0v) is 12.8. The lowest BCUT2D eigenvalue weighted by Gasteiger charge is -2.26. The van der Waals surface area contributed by atoms with Gasteiger partial charge in [-0.1, -0.05) is 6.07 Å². The van der Waals surface area contributed by atoms with E-state index in [-0.39, 0.29) is 22.3 Å². The SMILES string of the molecule is C[C@H](CCc1ccc(O)c(O)c1)N[S@+]([O-])C(C)(C)C. The Kier molecular flexibility index (Phi) is 5.52. The first-order valence-corrected chi connectivity index (χ1v) is 7.54. The topological polar surface area (TPSA) is 75.5 Å². The van der Waals surface area contributed by atoms with Crippen LogP contribution in [0.3, 0.4) is 0 Å². The van der Waals surface area contributed by atoms with E-state index in [0.717, 1.165) is 18.4 Å². The molecule has 5 heteroatoms. The van der Waals surface area contributed by atoms with E-state index >= 15 is 0 Å². The van der Waals surface area contributed by atoms with Gasteiger partial charge in [0.05, 0.1) is 6.04 Å². The van der Waals surface area contributed by atoms with Crippen molar-refractivity contribution in [3.8, 4) is 11.5 Å². The van der Waals surface area contributed by atoms with Crippen molar-refractivity contribution in [3.63, 3.8) is 0 Å². The van der Waals surface area contributed by atoms with Crippen LogP contribution in [0.5, 0.6) is 11.5 Å². The number of hydrogen-bond donors (Lipinski definition) is 3. The molecule has 1 aromatic rings. The zero-order valence-electron chi connectivity index (χ0n) is 11.9. The second-order valence-electron chi connectivity index (χ2n) is 5.76. The highest BCUT2D eigenvalue weighted by Crippen LogP contribution is 2.25. The quantitative estimate of drug-likeness (QED) is 0.574. The number of aromatic hydroxyl groups is 2. The Morgan fingerprint density at radius 1 is 1.26 bits per heavy atom. The van der Waals surface area contributed by atoms with Crippen molar-refractivity contribution in [2.24, 2.45) is 0 Å². The van der Waals surface area contributed by atoms with E-state index in [0.29, 0.717) is 0 Å². The molecule has 0 aromatic heterocycles. The fourth-order valence-corrected chi connectivity index (χ4v) is 2.36. The van der Waals surface area contributed by atoms with Crippen LogP contribution in [0.25, 0.3) is 0 Å².